The number of aromatic hydroxyl groups is 1. The van der Waals surface area contributed by atoms with Gasteiger partial charge in [0.1, 0.15) is 6.17 Å². The molecule has 2 aliphatic carbocycles. The Morgan fingerprint density at radius 1 is 1.02 bits per heavy atom. The van der Waals surface area contributed by atoms with Crippen LogP contribution in [0.25, 0.3) is 21.6 Å². The minimum absolute atomic E-state index is 0.0354. The third kappa shape index (κ3) is 3.11. The zero-order valence-electron chi connectivity index (χ0n) is 21.0. The Morgan fingerprint density at radius 2 is 1.83 bits per heavy atom. The quantitative estimate of drug-likeness (QED) is 0.329. The first-order valence-corrected chi connectivity index (χ1v) is 13.8. The molecule has 4 heterocycles. The molecule has 0 radical (unpaired) electrons. The molecule has 1 N–H and O–H groups in total. The molecule has 4 aromatic rings. The lowest BCUT2D eigenvalue weighted by Gasteiger charge is -2.51. The van der Waals surface area contributed by atoms with Crippen molar-refractivity contribution >= 4 is 17.2 Å². The summed E-state index contributed by atoms with van der Waals surface area (Å²) < 4.78 is 68.7. The summed E-state index contributed by atoms with van der Waals surface area (Å²) in [6.45, 7) is 0.398. The number of alkyl halides is 2. The van der Waals surface area contributed by atoms with Crippen LogP contribution in [-0.2, 0) is 17.1 Å². The lowest BCUT2D eigenvalue weighted by Crippen LogP contribution is -2.66. The Kier molecular flexibility index (Phi) is 4.92. The fourth-order valence-corrected chi connectivity index (χ4v) is 7.88. The molecule has 1 fully saturated rings. The molecule has 0 spiro atoms. The molecule has 12 heteroatoms. The SMILES string of the molecule is O=C1c2c(O)c(=O)ccn2N(C2c3cccc4c3-c3c(csc3-c3c2ccc(F)c3F)C(F)(F)C4)C2COCCN12. The molecule has 2 aromatic carbocycles. The number of morpholine rings is 1. The minimum Gasteiger partial charge on any atom is -0.502 e. The van der Waals surface area contributed by atoms with Crippen LogP contribution in [0.4, 0.5) is 17.6 Å². The maximum absolute atomic E-state index is 15.9. The van der Waals surface area contributed by atoms with Crippen molar-refractivity contribution in [3.8, 4) is 27.3 Å². The van der Waals surface area contributed by atoms with Crippen LogP contribution in [0, 0.1) is 11.6 Å². The Bertz CT molecular complexity index is 1890. The zero-order valence-corrected chi connectivity index (χ0v) is 21.9. The largest absolute Gasteiger partial charge is 0.502 e. The number of rotatable bonds is 1. The number of nitrogens with zero attached hydrogens (tertiary/aromatic N) is 3. The molecule has 41 heavy (non-hydrogen) atoms. The summed E-state index contributed by atoms with van der Waals surface area (Å²) >= 11 is 0.934. The molecule has 2 aromatic heterocycles. The highest BCUT2D eigenvalue weighted by Gasteiger charge is 2.50. The number of pyridine rings is 1. The van der Waals surface area contributed by atoms with Gasteiger partial charge in [-0.05, 0) is 28.3 Å². The van der Waals surface area contributed by atoms with Gasteiger partial charge in [0.15, 0.2) is 23.1 Å². The number of thiophene rings is 1. The molecule has 1 amide bonds. The first-order valence-electron chi connectivity index (χ1n) is 12.9. The minimum atomic E-state index is -3.22. The van der Waals surface area contributed by atoms with Gasteiger partial charge in [-0.2, -0.15) is 0 Å². The molecule has 0 bridgehead atoms. The number of amides is 1. The highest BCUT2D eigenvalue weighted by molar-refractivity contribution is 7.14. The number of halogens is 4. The molecule has 8 rings (SSSR count). The molecule has 2 atom stereocenters. The summed E-state index contributed by atoms with van der Waals surface area (Å²) in [5.74, 6) is -6.85. The van der Waals surface area contributed by atoms with E-state index in [4.69, 9.17) is 4.74 Å². The maximum atomic E-state index is 15.9. The number of ether oxygens (including phenoxy) is 1. The van der Waals surface area contributed by atoms with Crippen LogP contribution < -0.4 is 10.4 Å². The van der Waals surface area contributed by atoms with Crippen LogP contribution in [0.2, 0.25) is 0 Å². The number of carbonyl (C=O) groups is 1. The number of benzene rings is 2. The highest BCUT2D eigenvalue weighted by Crippen LogP contribution is 2.58. The third-order valence-corrected chi connectivity index (χ3v) is 9.41. The van der Waals surface area contributed by atoms with E-state index >= 15 is 13.2 Å². The second-order valence-corrected chi connectivity index (χ2v) is 11.4. The van der Waals surface area contributed by atoms with Gasteiger partial charge in [0.2, 0.25) is 5.43 Å². The average Bonchev–Trinajstić information content (AvgIpc) is 3.35. The predicted molar refractivity (Wildman–Crippen MR) is 141 cm³/mol. The van der Waals surface area contributed by atoms with Crippen molar-refractivity contribution in [3.63, 3.8) is 0 Å². The smallest absolute Gasteiger partial charge is 0.278 e. The standard InChI is InChI=1S/C29H19F4N3O4S/c30-17-5-4-15-21(23(17)31)27-22-16(12-41-27)29(32,33)10-13-2-1-3-14(20(13)22)24(15)36-19-11-40-9-8-34(19)28(39)25-26(38)18(37)6-7-35(25)36/h1-7,12,19,24,38H,8-11H2. The van der Waals surface area contributed by atoms with Crippen molar-refractivity contribution in [3.05, 3.63) is 97.8 Å². The second kappa shape index (κ2) is 8.20. The summed E-state index contributed by atoms with van der Waals surface area (Å²) in [6.07, 6.45) is -0.00947. The summed E-state index contributed by atoms with van der Waals surface area (Å²) in [7, 11) is 0. The summed E-state index contributed by atoms with van der Waals surface area (Å²) in [6, 6.07) is 7.56. The Morgan fingerprint density at radius 3 is 2.66 bits per heavy atom. The van der Waals surface area contributed by atoms with Gasteiger partial charge in [-0.3, -0.25) is 19.3 Å². The van der Waals surface area contributed by atoms with E-state index in [-0.39, 0.29) is 52.6 Å². The molecule has 2 aliphatic heterocycles. The lowest BCUT2D eigenvalue weighted by molar-refractivity contribution is -0.0197. The molecule has 1 saturated heterocycles. The Balaban J connectivity index is 1.51. The van der Waals surface area contributed by atoms with Crippen molar-refractivity contribution in [2.75, 3.05) is 24.8 Å². The van der Waals surface area contributed by atoms with Gasteiger partial charge < -0.3 is 14.7 Å². The highest BCUT2D eigenvalue weighted by atomic mass is 32.1. The van der Waals surface area contributed by atoms with Crippen LogP contribution in [0.15, 0.2) is 52.8 Å². The van der Waals surface area contributed by atoms with E-state index in [1.165, 1.54) is 27.2 Å². The normalized spacial score (nSPS) is 21.5. The molecule has 2 unspecified atom stereocenters. The van der Waals surface area contributed by atoms with Crippen LogP contribution in [0.3, 0.4) is 0 Å². The molecule has 4 aliphatic rings. The van der Waals surface area contributed by atoms with E-state index in [9.17, 15) is 19.1 Å². The van der Waals surface area contributed by atoms with Crippen LogP contribution in [0.1, 0.15) is 38.8 Å². The lowest BCUT2D eigenvalue weighted by atomic mass is 9.81. The average molecular weight is 582 g/mol. The van der Waals surface area contributed by atoms with Gasteiger partial charge in [-0.1, -0.05) is 24.3 Å². The number of aromatic nitrogens is 1. The van der Waals surface area contributed by atoms with Gasteiger partial charge in [0.05, 0.1) is 19.3 Å². The fourth-order valence-electron chi connectivity index (χ4n) is 6.70. The monoisotopic (exact) mass is 581 g/mol. The number of carbonyl (C=O) groups excluding carboxylic acids is 1. The van der Waals surface area contributed by atoms with E-state index in [1.54, 1.807) is 23.2 Å². The van der Waals surface area contributed by atoms with Crippen LogP contribution >= 0.6 is 11.3 Å². The molecule has 0 saturated carbocycles. The number of hydrogen-bond donors (Lipinski definition) is 1. The first kappa shape index (κ1) is 24.6. The van der Waals surface area contributed by atoms with Crippen molar-refractivity contribution in [2.24, 2.45) is 0 Å². The number of hydrogen-bond acceptors (Lipinski definition) is 6. The van der Waals surface area contributed by atoms with Crippen molar-refractivity contribution in [1.82, 2.24) is 9.58 Å². The fraction of sp³-hybridized carbons (Fsp3) is 0.241. The molecule has 208 valence electrons. The van der Waals surface area contributed by atoms with Gasteiger partial charge in [0, 0.05) is 52.2 Å². The van der Waals surface area contributed by atoms with E-state index in [2.05, 4.69) is 0 Å². The molecule has 7 nitrogen and oxygen atoms in total. The van der Waals surface area contributed by atoms with Crippen LogP contribution in [0.5, 0.6) is 5.75 Å². The summed E-state index contributed by atoms with van der Waals surface area (Å²) in [5.41, 5.74) is 0.407. The topological polar surface area (TPSA) is 75.0 Å². The van der Waals surface area contributed by atoms with Crippen molar-refractivity contribution in [2.45, 2.75) is 24.6 Å². The van der Waals surface area contributed by atoms with Gasteiger partial charge in [-0.15, -0.1) is 11.3 Å². The second-order valence-electron chi connectivity index (χ2n) is 10.5. The van der Waals surface area contributed by atoms with Crippen molar-refractivity contribution in [1.29, 1.82) is 0 Å². The van der Waals surface area contributed by atoms with Crippen LogP contribution in [-0.4, -0.2) is 46.5 Å². The maximum Gasteiger partial charge on any atom is 0.278 e. The zero-order chi connectivity index (χ0) is 28.4. The third-order valence-electron chi connectivity index (χ3n) is 8.41. The van der Waals surface area contributed by atoms with E-state index in [0.29, 0.717) is 16.7 Å². The van der Waals surface area contributed by atoms with Gasteiger partial charge in [-0.25, -0.2) is 17.6 Å². The molecular formula is C29H19F4N3O4S. The summed E-state index contributed by atoms with van der Waals surface area (Å²) in [5, 5.41) is 13.8. The van der Waals surface area contributed by atoms with Gasteiger partial charge >= 0.3 is 0 Å². The predicted octanol–water partition coefficient (Wildman–Crippen LogP) is 4.73. The summed E-state index contributed by atoms with van der Waals surface area (Å²) in [4.78, 5) is 27.7. The van der Waals surface area contributed by atoms with Gasteiger partial charge in [0.25, 0.3) is 11.8 Å². The Labute approximate surface area is 233 Å². The van der Waals surface area contributed by atoms with Crippen molar-refractivity contribution < 1.29 is 32.2 Å². The first-order chi connectivity index (χ1) is 19.7. The van der Waals surface area contributed by atoms with E-state index < -0.39 is 53.3 Å². The number of fused-ring (bicyclic) bond motifs is 4. The Hall–Kier alpha value is -4.16. The van der Waals surface area contributed by atoms with E-state index in [1.807, 2.05) is 0 Å². The van der Waals surface area contributed by atoms with E-state index in [0.717, 1.165) is 23.5 Å². The molecular weight excluding hydrogens is 562 g/mol.